The molecule has 0 saturated carbocycles. The van der Waals surface area contributed by atoms with Crippen molar-refractivity contribution < 1.29 is 4.79 Å². The number of carbonyl (C=O) groups excluding carboxylic acids is 1. The lowest BCUT2D eigenvalue weighted by Gasteiger charge is -2.04. The van der Waals surface area contributed by atoms with Gasteiger partial charge in [-0.2, -0.15) is 0 Å². The molecular weight excluding hydrogens is 312 g/mol. The van der Waals surface area contributed by atoms with Crippen molar-refractivity contribution in [1.29, 1.82) is 0 Å². The van der Waals surface area contributed by atoms with Gasteiger partial charge in [0.15, 0.2) is 0 Å². The number of thiophene rings is 1. The molecule has 0 radical (unpaired) electrons. The molecule has 2 aromatic heterocycles. The van der Waals surface area contributed by atoms with Crippen LogP contribution in [-0.4, -0.2) is 10.9 Å². The zero-order chi connectivity index (χ0) is 15.5. The predicted octanol–water partition coefficient (Wildman–Crippen LogP) is 4.67. The summed E-state index contributed by atoms with van der Waals surface area (Å²) in [5.74, 6) is -0.0351. The molecule has 0 fully saturated rings. The Morgan fingerprint density at radius 3 is 2.59 bits per heavy atom. The Morgan fingerprint density at radius 1 is 1.14 bits per heavy atom. The zero-order valence-corrected chi connectivity index (χ0v) is 14.1. The molecule has 5 heteroatoms. The van der Waals surface area contributed by atoms with Crippen molar-refractivity contribution in [2.75, 3.05) is 5.32 Å². The number of nitrogens with one attached hydrogen (secondary N) is 1. The smallest absolute Gasteiger partial charge is 0.231 e. The molecule has 0 saturated heterocycles. The van der Waals surface area contributed by atoms with Gasteiger partial charge >= 0.3 is 0 Å². The Kier molecular flexibility index (Phi) is 4.36. The topological polar surface area (TPSA) is 42.0 Å². The summed E-state index contributed by atoms with van der Waals surface area (Å²) in [6.07, 6.45) is 0.308. The minimum Gasteiger partial charge on any atom is -0.326 e. The van der Waals surface area contributed by atoms with Gasteiger partial charge in [0.05, 0.1) is 17.0 Å². The summed E-state index contributed by atoms with van der Waals surface area (Å²) in [6.45, 7) is 4.10. The van der Waals surface area contributed by atoms with Crippen LogP contribution < -0.4 is 5.32 Å². The van der Waals surface area contributed by atoms with Crippen LogP contribution in [0, 0.1) is 13.8 Å². The van der Waals surface area contributed by atoms with Crippen molar-refractivity contribution in [1.82, 2.24) is 4.98 Å². The Labute approximate surface area is 137 Å². The van der Waals surface area contributed by atoms with Crippen molar-refractivity contribution in [2.45, 2.75) is 20.3 Å². The maximum absolute atomic E-state index is 12.1. The lowest BCUT2D eigenvalue weighted by molar-refractivity contribution is -0.115. The highest BCUT2D eigenvalue weighted by Gasteiger charge is 2.10. The number of aryl methyl sites for hydroxylation is 2. The number of thiazole rings is 1. The van der Waals surface area contributed by atoms with E-state index in [0.717, 1.165) is 21.3 Å². The fraction of sp³-hybridized carbons (Fsp3) is 0.176. The van der Waals surface area contributed by atoms with Gasteiger partial charge in [0.25, 0.3) is 0 Å². The number of hydrogen-bond donors (Lipinski definition) is 1. The molecule has 1 N–H and O–H groups in total. The summed E-state index contributed by atoms with van der Waals surface area (Å²) in [4.78, 5) is 19.0. The van der Waals surface area contributed by atoms with Crippen LogP contribution in [0.15, 0.2) is 41.8 Å². The molecule has 1 aromatic carbocycles. The van der Waals surface area contributed by atoms with E-state index >= 15 is 0 Å². The van der Waals surface area contributed by atoms with Crippen molar-refractivity contribution in [3.05, 3.63) is 57.2 Å². The van der Waals surface area contributed by atoms with Crippen LogP contribution in [-0.2, 0) is 11.2 Å². The number of aromatic nitrogens is 1. The third-order valence-electron chi connectivity index (χ3n) is 3.19. The monoisotopic (exact) mass is 328 g/mol. The first-order valence-electron chi connectivity index (χ1n) is 6.98. The van der Waals surface area contributed by atoms with Gasteiger partial charge in [0.1, 0.15) is 5.01 Å². The van der Waals surface area contributed by atoms with Gasteiger partial charge < -0.3 is 5.32 Å². The highest BCUT2D eigenvalue weighted by Crippen LogP contribution is 2.28. The standard InChI is InChI=1S/C17H16N2OS2/c1-11-3-6-13(7-4-11)18-16(20)9-17-19-14(10-21-17)15-8-5-12(2)22-15/h3-8,10H,9H2,1-2H3,(H,18,20). The second-order valence-corrected chi connectivity index (χ2v) is 7.36. The van der Waals surface area contributed by atoms with Crippen LogP contribution in [0.5, 0.6) is 0 Å². The Hall–Kier alpha value is -1.98. The number of benzene rings is 1. The van der Waals surface area contributed by atoms with E-state index in [1.54, 1.807) is 11.3 Å². The van der Waals surface area contributed by atoms with Gasteiger partial charge in [-0.05, 0) is 38.1 Å². The van der Waals surface area contributed by atoms with E-state index in [4.69, 9.17) is 0 Å². The molecule has 3 nitrogen and oxygen atoms in total. The average molecular weight is 328 g/mol. The summed E-state index contributed by atoms with van der Waals surface area (Å²) in [5.41, 5.74) is 2.95. The van der Waals surface area contributed by atoms with Crippen molar-refractivity contribution in [2.24, 2.45) is 0 Å². The van der Waals surface area contributed by atoms with E-state index < -0.39 is 0 Å². The van der Waals surface area contributed by atoms with Crippen LogP contribution in [0.1, 0.15) is 15.4 Å². The molecule has 0 aliphatic heterocycles. The zero-order valence-electron chi connectivity index (χ0n) is 12.4. The second-order valence-electron chi connectivity index (χ2n) is 5.13. The number of amides is 1. The summed E-state index contributed by atoms with van der Waals surface area (Å²) >= 11 is 3.25. The molecule has 0 atom stereocenters. The van der Waals surface area contributed by atoms with Gasteiger partial charge in [-0.25, -0.2) is 4.98 Å². The second kappa shape index (κ2) is 6.42. The first-order chi connectivity index (χ1) is 10.6. The molecule has 0 spiro atoms. The highest BCUT2D eigenvalue weighted by atomic mass is 32.1. The molecule has 0 aliphatic carbocycles. The molecule has 1 amide bonds. The Balaban J connectivity index is 1.64. The minimum absolute atomic E-state index is 0.0351. The maximum atomic E-state index is 12.1. The number of rotatable bonds is 4. The van der Waals surface area contributed by atoms with Crippen LogP contribution in [0.4, 0.5) is 5.69 Å². The number of carbonyl (C=O) groups is 1. The lowest BCUT2D eigenvalue weighted by atomic mass is 10.2. The van der Waals surface area contributed by atoms with Crippen LogP contribution in [0.3, 0.4) is 0 Å². The SMILES string of the molecule is Cc1ccc(NC(=O)Cc2nc(-c3ccc(C)s3)cs2)cc1. The van der Waals surface area contributed by atoms with Gasteiger partial charge in [0, 0.05) is 15.9 Å². The fourth-order valence-corrected chi connectivity index (χ4v) is 3.75. The van der Waals surface area contributed by atoms with Crippen LogP contribution >= 0.6 is 22.7 Å². The van der Waals surface area contributed by atoms with E-state index in [0.29, 0.717) is 6.42 Å². The molecule has 3 rings (SSSR count). The molecule has 3 aromatic rings. The van der Waals surface area contributed by atoms with Crippen molar-refractivity contribution in [3.8, 4) is 10.6 Å². The van der Waals surface area contributed by atoms with Gasteiger partial charge in [-0.15, -0.1) is 22.7 Å². The minimum atomic E-state index is -0.0351. The molecule has 22 heavy (non-hydrogen) atoms. The first-order valence-corrected chi connectivity index (χ1v) is 8.67. The summed E-state index contributed by atoms with van der Waals surface area (Å²) in [7, 11) is 0. The molecule has 0 unspecified atom stereocenters. The molecule has 112 valence electrons. The molecule has 0 bridgehead atoms. The first kappa shape index (κ1) is 14.9. The predicted molar refractivity (Wildman–Crippen MR) is 93.7 cm³/mol. The van der Waals surface area contributed by atoms with Crippen LogP contribution in [0.2, 0.25) is 0 Å². The molecular formula is C17H16N2OS2. The van der Waals surface area contributed by atoms with E-state index in [2.05, 4.69) is 29.4 Å². The van der Waals surface area contributed by atoms with Crippen molar-refractivity contribution in [3.63, 3.8) is 0 Å². The van der Waals surface area contributed by atoms with E-state index in [1.807, 2.05) is 36.6 Å². The Morgan fingerprint density at radius 2 is 1.91 bits per heavy atom. The lowest BCUT2D eigenvalue weighted by Crippen LogP contribution is -2.14. The van der Waals surface area contributed by atoms with Gasteiger partial charge in [-0.3, -0.25) is 4.79 Å². The third kappa shape index (κ3) is 3.61. The normalized spacial score (nSPS) is 10.6. The highest BCUT2D eigenvalue weighted by molar-refractivity contribution is 7.16. The number of hydrogen-bond acceptors (Lipinski definition) is 4. The Bertz CT molecular complexity index is 787. The van der Waals surface area contributed by atoms with Gasteiger partial charge in [-0.1, -0.05) is 17.7 Å². The number of nitrogens with zero attached hydrogens (tertiary/aromatic N) is 1. The summed E-state index contributed by atoms with van der Waals surface area (Å²) in [6, 6.07) is 11.9. The van der Waals surface area contributed by atoms with Gasteiger partial charge in [0.2, 0.25) is 5.91 Å². The third-order valence-corrected chi connectivity index (χ3v) is 5.06. The summed E-state index contributed by atoms with van der Waals surface area (Å²) < 4.78 is 0. The largest absolute Gasteiger partial charge is 0.326 e. The molecule has 0 aliphatic rings. The van der Waals surface area contributed by atoms with E-state index in [-0.39, 0.29) is 5.91 Å². The molecule has 2 heterocycles. The van der Waals surface area contributed by atoms with E-state index in [9.17, 15) is 4.79 Å². The van der Waals surface area contributed by atoms with Crippen LogP contribution in [0.25, 0.3) is 10.6 Å². The fourth-order valence-electron chi connectivity index (χ4n) is 2.06. The maximum Gasteiger partial charge on any atom is 0.231 e. The summed E-state index contributed by atoms with van der Waals surface area (Å²) in [5, 5.41) is 5.75. The van der Waals surface area contributed by atoms with E-state index in [1.165, 1.54) is 21.8 Å². The quantitative estimate of drug-likeness (QED) is 0.756. The average Bonchev–Trinajstić information content (AvgIpc) is 3.10. The number of anilines is 1. The van der Waals surface area contributed by atoms with Crippen molar-refractivity contribution >= 4 is 34.3 Å².